The summed E-state index contributed by atoms with van der Waals surface area (Å²) in [5.41, 5.74) is 5.48. The van der Waals surface area contributed by atoms with E-state index in [-0.39, 0.29) is 0 Å². The second-order valence-electron chi connectivity index (χ2n) is 4.07. The molecule has 1 aromatic carbocycles. The molecule has 16 heavy (non-hydrogen) atoms. The monoisotopic (exact) mass is 212 g/mol. The van der Waals surface area contributed by atoms with Gasteiger partial charge in [-0.15, -0.1) is 6.58 Å². The van der Waals surface area contributed by atoms with E-state index in [1.54, 1.807) is 0 Å². The van der Waals surface area contributed by atoms with Gasteiger partial charge < -0.3 is 0 Å². The largest absolute Gasteiger partial charge is 0.103 e. The molecule has 0 saturated carbocycles. The molecule has 0 aliphatic heterocycles. The molecule has 1 rings (SSSR count). The SMILES string of the molecule is C=C/C=C/Cc1cc(C)c(CC=C)cc1C. The van der Waals surface area contributed by atoms with Crippen LogP contribution in [0, 0.1) is 13.8 Å². The summed E-state index contributed by atoms with van der Waals surface area (Å²) in [5.74, 6) is 0. The second kappa shape index (κ2) is 6.12. The lowest BCUT2D eigenvalue weighted by atomic mass is 9.96. The first-order valence-electron chi connectivity index (χ1n) is 5.66. The third-order valence-corrected chi connectivity index (χ3v) is 2.77. The van der Waals surface area contributed by atoms with Crippen molar-refractivity contribution in [3.8, 4) is 0 Å². The molecule has 0 aromatic heterocycles. The molecule has 0 N–H and O–H groups in total. The summed E-state index contributed by atoms with van der Waals surface area (Å²) in [6, 6.07) is 4.55. The molecule has 0 bridgehead atoms. The Morgan fingerprint density at radius 3 is 2.06 bits per heavy atom. The van der Waals surface area contributed by atoms with Crippen molar-refractivity contribution in [2.24, 2.45) is 0 Å². The van der Waals surface area contributed by atoms with Gasteiger partial charge >= 0.3 is 0 Å². The molecule has 0 heterocycles. The molecule has 0 unspecified atom stereocenters. The normalized spacial score (nSPS) is 10.6. The Hall–Kier alpha value is -1.56. The van der Waals surface area contributed by atoms with E-state index in [0.29, 0.717) is 0 Å². The van der Waals surface area contributed by atoms with Crippen molar-refractivity contribution in [1.82, 2.24) is 0 Å². The maximum Gasteiger partial charge on any atom is -0.00916 e. The summed E-state index contributed by atoms with van der Waals surface area (Å²) < 4.78 is 0. The highest BCUT2D eigenvalue weighted by Gasteiger charge is 2.02. The molecule has 0 amide bonds. The lowest BCUT2D eigenvalue weighted by Crippen LogP contribution is -1.94. The summed E-state index contributed by atoms with van der Waals surface area (Å²) in [6.45, 7) is 11.8. The number of aryl methyl sites for hydroxylation is 2. The average Bonchev–Trinajstić information content (AvgIpc) is 2.25. The molecular formula is C16H20. The molecule has 0 fully saturated rings. The number of benzene rings is 1. The summed E-state index contributed by atoms with van der Waals surface area (Å²) in [5, 5.41) is 0. The van der Waals surface area contributed by atoms with Gasteiger partial charge in [0.15, 0.2) is 0 Å². The van der Waals surface area contributed by atoms with E-state index >= 15 is 0 Å². The van der Waals surface area contributed by atoms with Crippen molar-refractivity contribution in [2.75, 3.05) is 0 Å². The minimum absolute atomic E-state index is 0.954. The van der Waals surface area contributed by atoms with Gasteiger partial charge in [-0.2, -0.15) is 0 Å². The smallest absolute Gasteiger partial charge is 0.00916 e. The van der Waals surface area contributed by atoms with Gasteiger partial charge in [0.1, 0.15) is 0 Å². The van der Waals surface area contributed by atoms with Gasteiger partial charge in [0.2, 0.25) is 0 Å². The van der Waals surface area contributed by atoms with Crippen LogP contribution in [0.4, 0.5) is 0 Å². The topological polar surface area (TPSA) is 0 Å². The minimum Gasteiger partial charge on any atom is -0.103 e. The van der Waals surface area contributed by atoms with Crippen LogP contribution in [0.3, 0.4) is 0 Å². The van der Waals surface area contributed by atoms with Crippen LogP contribution in [0.1, 0.15) is 22.3 Å². The lowest BCUT2D eigenvalue weighted by Gasteiger charge is -2.09. The predicted molar refractivity (Wildman–Crippen MR) is 72.9 cm³/mol. The molecule has 0 radical (unpaired) electrons. The van der Waals surface area contributed by atoms with Crippen LogP contribution >= 0.6 is 0 Å². The van der Waals surface area contributed by atoms with Gasteiger partial charge in [0.25, 0.3) is 0 Å². The van der Waals surface area contributed by atoms with Gasteiger partial charge in [-0.05, 0) is 48.9 Å². The molecule has 0 heteroatoms. The summed E-state index contributed by atoms with van der Waals surface area (Å²) >= 11 is 0. The Morgan fingerprint density at radius 1 is 1.00 bits per heavy atom. The van der Waals surface area contributed by atoms with Gasteiger partial charge in [0.05, 0.1) is 0 Å². The van der Waals surface area contributed by atoms with Gasteiger partial charge in [0, 0.05) is 0 Å². The molecule has 0 saturated heterocycles. The van der Waals surface area contributed by atoms with E-state index in [1.807, 2.05) is 18.2 Å². The van der Waals surface area contributed by atoms with Crippen molar-refractivity contribution in [1.29, 1.82) is 0 Å². The van der Waals surface area contributed by atoms with E-state index in [2.05, 4.69) is 45.2 Å². The van der Waals surface area contributed by atoms with E-state index in [0.717, 1.165) is 12.8 Å². The summed E-state index contributed by atoms with van der Waals surface area (Å²) in [7, 11) is 0. The lowest BCUT2D eigenvalue weighted by molar-refractivity contribution is 1.14. The van der Waals surface area contributed by atoms with Crippen LogP contribution in [0.25, 0.3) is 0 Å². The number of hydrogen-bond acceptors (Lipinski definition) is 0. The highest BCUT2D eigenvalue weighted by atomic mass is 14.1. The first-order chi connectivity index (χ1) is 7.69. The van der Waals surface area contributed by atoms with Crippen LogP contribution in [-0.4, -0.2) is 0 Å². The van der Waals surface area contributed by atoms with Gasteiger partial charge in [-0.1, -0.05) is 43.0 Å². The van der Waals surface area contributed by atoms with Crippen molar-refractivity contribution >= 4 is 0 Å². The molecule has 0 atom stereocenters. The van der Waals surface area contributed by atoms with E-state index in [4.69, 9.17) is 0 Å². The van der Waals surface area contributed by atoms with Gasteiger partial charge in [-0.25, -0.2) is 0 Å². The van der Waals surface area contributed by atoms with Crippen molar-refractivity contribution < 1.29 is 0 Å². The predicted octanol–water partition coefficient (Wildman–Crippen LogP) is 4.32. The van der Waals surface area contributed by atoms with Crippen molar-refractivity contribution in [3.63, 3.8) is 0 Å². The molecule has 0 nitrogen and oxygen atoms in total. The Kier molecular flexibility index (Phi) is 4.78. The zero-order chi connectivity index (χ0) is 12.0. The maximum absolute atomic E-state index is 3.79. The number of hydrogen-bond donors (Lipinski definition) is 0. The Balaban J connectivity index is 2.95. The maximum atomic E-state index is 3.79. The Morgan fingerprint density at radius 2 is 1.56 bits per heavy atom. The first kappa shape index (κ1) is 12.5. The minimum atomic E-state index is 0.954. The number of allylic oxidation sites excluding steroid dienone is 4. The van der Waals surface area contributed by atoms with E-state index in [9.17, 15) is 0 Å². The molecular weight excluding hydrogens is 192 g/mol. The Labute approximate surface area is 99.0 Å². The quantitative estimate of drug-likeness (QED) is 0.504. The third kappa shape index (κ3) is 3.23. The highest BCUT2D eigenvalue weighted by Crippen LogP contribution is 2.17. The van der Waals surface area contributed by atoms with Crippen LogP contribution in [0.15, 0.2) is 49.6 Å². The fraction of sp³-hybridized carbons (Fsp3) is 0.250. The van der Waals surface area contributed by atoms with Crippen LogP contribution in [-0.2, 0) is 12.8 Å². The van der Waals surface area contributed by atoms with E-state index < -0.39 is 0 Å². The average molecular weight is 212 g/mol. The van der Waals surface area contributed by atoms with Crippen LogP contribution < -0.4 is 0 Å². The summed E-state index contributed by atoms with van der Waals surface area (Å²) in [4.78, 5) is 0. The molecule has 1 aromatic rings. The van der Waals surface area contributed by atoms with Crippen molar-refractivity contribution in [2.45, 2.75) is 26.7 Å². The molecule has 0 aliphatic rings. The standard InChI is InChI=1S/C16H20/c1-5-7-8-10-16-12-13(3)15(9-6-2)11-14(16)4/h5-8,11-12H,1-2,9-10H2,3-4H3/b8-7+. The fourth-order valence-corrected chi connectivity index (χ4v) is 1.82. The zero-order valence-corrected chi connectivity index (χ0v) is 10.3. The molecule has 0 spiro atoms. The Bertz CT molecular complexity index is 408. The van der Waals surface area contributed by atoms with Crippen molar-refractivity contribution in [3.05, 3.63) is 71.8 Å². The fourth-order valence-electron chi connectivity index (χ4n) is 1.82. The van der Waals surface area contributed by atoms with Crippen LogP contribution in [0.2, 0.25) is 0 Å². The number of rotatable bonds is 5. The second-order valence-corrected chi connectivity index (χ2v) is 4.07. The summed E-state index contributed by atoms with van der Waals surface area (Å²) in [6.07, 6.45) is 9.84. The zero-order valence-electron chi connectivity index (χ0n) is 10.3. The highest BCUT2D eigenvalue weighted by molar-refractivity contribution is 5.39. The molecule has 84 valence electrons. The van der Waals surface area contributed by atoms with E-state index in [1.165, 1.54) is 22.3 Å². The molecule has 0 aliphatic carbocycles. The van der Waals surface area contributed by atoms with Gasteiger partial charge in [-0.3, -0.25) is 0 Å². The third-order valence-electron chi connectivity index (χ3n) is 2.77. The van der Waals surface area contributed by atoms with Crippen LogP contribution in [0.5, 0.6) is 0 Å². The first-order valence-corrected chi connectivity index (χ1v) is 5.66.